The fraction of sp³-hybridized carbons (Fsp3) is 0.417. The Kier molecular flexibility index (Phi) is 4.17. The molecule has 0 heterocycles. The van der Waals surface area contributed by atoms with Gasteiger partial charge in [-0.2, -0.15) is 0 Å². The Balaban J connectivity index is 2.38. The molecular formula is C12H17NO. The monoisotopic (exact) mass is 191 g/mol. The summed E-state index contributed by atoms with van der Waals surface area (Å²) in [6.07, 6.45) is 1.41. The number of rotatable bonds is 4. The number of nitrogens with one attached hydrogen (secondary N) is 1. The molecule has 76 valence electrons. The maximum absolute atomic E-state index is 11.2. The Morgan fingerprint density at radius 1 is 1.29 bits per heavy atom. The second-order valence-electron chi connectivity index (χ2n) is 3.44. The molecule has 0 fully saturated rings. The lowest BCUT2D eigenvalue weighted by Crippen LogP contribution is -2.22. The van der Waals surface area contributed by atoms with Gasteiger partial charge in [-0.05, 0) is 25.8 Å². The van der Waals surface area contributed by atoms with Crippen molar-refractivity contribution in [2.75, 3.05) is 6.54 Å². The van der Waals surface area contributed by atoms with Gasteiger partial charge in [0.1, 0.15) is 0 Å². The Morgan fingerprint density at radius 3 is 2.50 bits per heavy atom. The fourth-order valence-electron chi connectivity index (χ4n) is 1.30. The average molecular weight is 191 g/mol. The predicted octanol–water partition coefficient (Wildman–Crippen LogP) is 2.06. The topological polar surface area (TPSA) is 29.1 Å². The Hall–Kier alpha value is -1.31. The van der Waals surface area contributed by atoms with Gasteiger partial charge in [-0.1, -0.05) is 29.8 Å². The van der Waals surface area contributed by atoms with Crippen LogP contribution in [0.25, 0.3) is 0 Å². The Labute approximate surface area is 85.3 Å². The lowest BCUT2D eigenvalue weighted by atomic mass is 10.1. The van der Waals surface area contributed by atoms with Gasteiger partial charge in [0.2, 0.25) is 5.91 Å². The van der Waals surface area contributed by atoms with Gasteiger partial charge >= 0.3 is 0 Å². The van der Waals surface area contributed by atoms with Crippen LogP contribution in [0.4, 0.5) is 0 Å². The SMILES string of the molecule is CCNC(=O)CCc1ccc(C)cc1. The summed E-state index contributed by atoms with van der Waals surface area (Å²) in [6, 6.07) is 8.31. The summed E-state index contributed by atoms with van der Waals surface area (Å²) in [5.41, 5.74) is 2.48. The highest BCUT2D eigenvalue weighted by Gasteiger charge is 1.99. The van der Waals surface area contributed by atoms with Crippen molar-refractivity contribution in [2.45, 2.75) is 26.7 Å². The van der Waals surface area contributed by atoms with E-state index in [1.807, 2.05) is 6.92 Å². The standard InChI is InChI=1S/C12H17NO/c1-3-13-12(14)9-8-11-6-4-10(2)5-7-11/h4-7H,3,8-9H2,1-2H3,(H,13,14). The first-order valence-corrected chi connectivity index (χ1v) is 5.04. The number of aryl methyl sites for hydroxylation is 2. The molecule has 0 aliphatic heterocycles. The van der Waals surface area contributed by atoms with Crippen LogP contribution in [0.3, 0.4) is 0 Å². The van der Waals surface area contributed by atoms with Crippen LogP contribution in [0.15, 0.2) is 24.3 Å². The van der Waals surface area contributed by atoms with Gasteiger partial charge in [0.15, 0.2) is 0 Å². The average Bonchev–Trinajstić information content (AvgIpc) is 2.17. The summed E-state index contributed by atoms with van der Waals surface area (Å²) in [5, 5.41) is 2.79. The van der Waals surface area contributed by atoms with E-state index in [1.165, 1.54) is 11.1 Å². The third-order valence-corrected chi connectivity index (χ3v) is 2.14. The molecular weight excluding hydrogens is 174 g/mol. The number of carbonyl (C=O) groups excluding carboxylic acids is 1. The predicted molar refractivity (Wildman–Crippen MR) is 58.2 cm³/mol. The van der Waals surface area contributed by atoms with Crippen molar-refractivity contribution in [1.29, 1.82) is 0 Å². The molecule has 2 heteroatoms. The van der Waals surface area contributed by atoms with Gasteiger partial charge in [0.05, 0.1) is 0 Å². The smallest absolute Gasteiger partial charge is 0.220 e. The maximum Gasteiger partial charge on any atom is 0.220 e. The fourth-order valence-corrected chi connectivity index (χ4v) is 1.30. The summed E-state index contributed by atoms with van der Waals surface area (Å²) in [6.45, 7) is 4.71. The van der Waals surface area contributed by atoms with E-state index in [1.54, 1.807) is 0 Å². The number of benzene rings is 1. The second kappa shape index (κ2) is 5.43. The Bertz CT molecular complexity index is 290. The minimum absolute atomic E-state index is 0.132. The van der Waals surface area contributed by atoms with Crippen LogP contribution in [0.1, 0.15) is 24.5 Å². The van der Waals surface area contributed by atoms with Crippen LogP contribution in [-0.4, -0.2) is 12.5 Å². The normalized spacial score (nSPS) is 9.86. The van der Waals surface area contributed by atoms with Gasteiger partial charge in [-0.25, -0.2) is 0 Å². The van der Waals surface area contributed by atoms with Crippen LogP contribution in [-0.2, 0) is 11.2 Å². The van der Waals surface area contributed by atoms with Crippen LogP contribution in [0.5, 0.6) is 0 Å². The van der Waals surface area contributed by atoms with E-state index in [9.17, 15) is 4.79 Å². The summed E-state index contributed by atoms with van der Waals surface area (Å²) in [5.74, 6) is 0.132. The number of amides is 1. The van der Waals surface area contributed by atoms with Crippen molar-refractivity contribution in [3.63, 3.8) is 0 Å². The highest BCUT2D eigenvalue weighted by Crippen LogP contribution is 2.05. The minimum atomic E-state index is 0.132. The third kappa shape index (κ3) is 3.60. The lowest BCUT2D eigenvalue weighted by molar-refractivity contribution is -0.120. The van der Waals surface area contributed by atoms with E-state index < -0.39 is 0 Å². The molecule has 1 amide bonds. The Morgan fingerprint density at radius 2 is 1.93 bits per heavy atom. The molecule has 0 saturated carbocycles. The van der Waals surface area contributed by atoms with Crippen molar-refractivity contribution in [1.82, 2.24) is 5.32 Å². The van der Waals surface area contributed by atoms with Gasteiger partial charge < -0.3 is 5.32 Å². The van der Waals surface area contributed by atoms with Crippen LogP contribution in [0, 0.1) is 6.92 Å². The van der Waals surface area contributed by atoms with Crippen molar-refractivity contribution in [3.05, 3.63) is 35.4 Å². The first-order chi connectivity index (χ1) is 6.72. The summed E-state index contributed by atoms with van der Waals surface area (Å²) >= 11 is 0. The van der Waals surface area contributed by atoms with Crippen molar-refractivity contribution in [3.8, 4) is 0 Å². The zero-order chi connectivity index (χ0) is 10.4. The largest absolute Gasteiger partial charge is 0.356 e. The lowest BCUT2D eigenvalue weighted by Gasteiger charge is -2.02. The number of hydrogen-bond donors (Lipinski definition) is 1. The number of carbonyl (C=O) groups is 1. The van der Waals surface area contributed by atoms with E-state index in [2.05, 4.69) is 36.5 Å². The van der Waals surface area contributed by atoms with E-state index >= 15 is 0 Å². The van der Waals surface area contributed by atoms with E-state index in [0.717, 1.165) is 6.42 Å². The zero-order valence-electron chi connectivity index (χ0n) is 8.84. The van der Waals surface area contributed by atoms with E-state index in [-0.39, 0.29) is 5.91 Å². The first-order valence-electron chi connectivity index (χ1n) is 5.04. The minimum Gasteiger partial charge on any atom is -0.356 e. The zero-order valence-corrected chi connectivity index (χ0v) is 8.84. The number of hydrogen-bond acceptors (Lipinski definition) is 1. The van der Waals surface area contributed by atoms with Gasteiger partial charge in [-0.15, -0.1) is 0 Å². The molecule has 1 aromatic carbocycles. The molecule has 2 nitrogen and oxygen atoms in total. The highest BCUT2D eigenvalue weighted by molar-refractivity contribution is 5.76. The summed E-state index contributed by atoms with van der Waals surface area (Å²) < 4.78 is 0. The quantitative estimate of drug-likeness (QED) is 0.775. The second-order valence-corrected chi connectivity index (χ2v) is 3.44. The van der Waals surface area contributed by atoms with Crippen LogP contribution < -0.4 is 5.32 Å². The van der Waals surface area contributed by atoms with E-state index in [4.69, 9.17) is 0 Å². The molecule has 0 atom stereocenters. The van der Waals surface area contributed by atoms with E-state index in [0.29, 0.717) is 13.0 Å². The van der Waals surface area contributed by atoms with Crippen LogP contribution in [0.2, 0.25) is 0 Å². The van der Waals surface area contributed by atoms with Crippen molar-refractivity contribution >= 4 is 5.91 Å². The molecule has 0 spiro atoms. The van der Waals surface area contributed by atoms with Crippen molar-refractivity contribution in [2.24, 2.45) is 0 Å². The molecule has 0 aliphatic carbocycles. The molecule has 0 aliphatic rings. The molecule has 0 bridgehead atoms. The molecule has 1 rings (SSSR count). The van der Waals surface area contributed by atoms with Crippen molar-refractivity contribution < 1.29 is 4.79 Å². The van der Waals surface area contributed by atoms with Gasteiger partial charge in [0, 0.05) is 13.0 Å². The summed E-state index contributed by atoms with van der Waals surface area (Å²) in [4.78, 5) is 11.2. The summed E-state index contributed by atoms with van der Waals surface area (Å²) in [7, 11) is 0. The van der Waals surface area contributed by atoms with Crippen LogP contribution >= 0.6 is 0 Å². The van der Waals surface area contributed by atoms with Gasteiger partial charge in [-0.3, -0.25) is 4.79 Å². The highest BCUT2D eigenvalue weighted by atomic mass is 16.1. The molecule has 0 saturated heterocycles. The maximum atomic E-state index is 11.2. The molecule has 1 N–H and O–H groups in total. The van der Waals surface area contributed by atoms with Gasteiger partial charge in [0.25, 0.3) is 0 Å². The first kappa shape index (κ1) is 10.8. The molecule has 0 radical (unpaired) electrons. The molecule has 0 unspecified atom stereocenters. The third-order valence-electron chi connectivity index (χ3n) is 2.14. The molecule has 14 heavy (non-hydrogen) atoms. The molecule has 0 aromatic heterocycles. The molecule has 1 aromatic rings.